The maximum Gasteiger partial charge on any atom is 0.220 e. The molecule has 2 N–H and O–H groups in total. The number of nitrogens with one attached hydrogen (secondary N) is 2. The van der Waals surface area contributed by atoms with Gasteiger partial charge in [0.05, 0.1) is 0 Å². The number of amides is 1. The van der Waals surface area contributed by atoms with Gasteiger partial charge >= 0.3 is 0 Å². The molecule has 1 aliphatic heterocycles. The standard InChI is InChI=1S/C15H23N3O.2ClH/c1-12-2-3-14(10-17-12)11-18-15(19)5-4-13-6-8-16-9-7-13;;/h2-3,10,13,16H,4-9,11H2,1H3,(H,18,19);2*1H. The summed E-state index contributed by atoms with van der Waals surface area (Å²) in [6, 6.07) is 3.98. The SMILES string of the molecule is Cc1ccc(CNC(=O)CCC2CCNCC2)cn1.Cl.Cl. The molecular weight excluding hydrogens is 309 g/mol. The lowest BCUT2D eigenvalue weighted by Gasteiger charge is -2.22. The molecule has 1 fully saturated rings. The molecule has 2 heterocycles. The second-order valence-electron chi connectivity index (χ2n) is 5.32. The molecule has 1 saturated heterocycles. The number of pyridine rings is 1. The van der Waals surface area contributed by atoms with Crippen molar-refractivity contribution in [3.8, 4) is 0 Å². The van der Waals surface area contributed by atoms with E-state index in [9.17, 15) is 4.79 Å². The normalized spacial score (nSPS) is 14.7. The van der Waals surface area contributed by atoms with E-state index in [0.29, 0.717) is 18.9 Å². The first-order valence-corrected chi connectivity index (χ1v) is 7.13. The average molecular weight is 334 g/mol. The molecule has 21 heavy (non-hydrogen) atoms. The van der Waals surface area contributed by atoms with Crippen LogP contribution in [-0.2, 0) is 11.3 Å². The van der Waals surface area contributed by atoms with Crippen molar-refractivity contribution in [3.05, 3.63) is 29.6 Å². The van der Waals surface area contributed by atoms with Crippen LogP contribution in [-0.4, -0.2) is 24.0 Å². The molecule has 1 aromatic heterocycles. The van der Waals surface area contributed by atoms with E-state index in [-0.39, 0.29) is 30.7 Å². The summed E-state index contributed by atoms with van der Waals surface area (Å²) in [5.74, 6) is 0.868. The van der Waals surface area contributed by atoms with Gasteiger partial charge in [0.15, 0.2) is 0 Å². The van der Waals surface area contributed by atoms with Gasteiger partial charge < -0.3 is 10.6 Å². The van der Waals surface area contributed by atoms with Crippen LogP contribution in [0.15, 0.2) is 18.3 Å². The van der Waals surface area contributed by atoms with Crippen LogP contribution in [0.1, 0.15) is 36.9 Å². The van der Waals surface area contributed by atoms with Gasteiger partial charge in [-0.25, -0.2) is 0 Å². The third kappa shape index (κ3) is 7.65. The lowest BCUT2D eigenvalue weighted by Crippen LogP contribution is -2.29. The van der Waals surface area contributed by atoms with E-state index in [1.165, 1.54) is 12.8 Å². The molecule has 1 amide bonds. The highest BCUT2D eigenvalue weighted by molar-refractivity contribution is 5.85. The van der Waals surface area contributed by atoms with Crippen LogP contribution >= 0.6 is 24.8 Å². The molecule has 0 radical (unpaired) electrons. The fourth-order valence-electron chi connectivity index (χ4n) is 2.40. The number of piperidine rings is 1. The lowest BCUT2D eigenvalue weighted by atomic mass is 9.93. The molecule has 120 valence electrons. The van der Waals surface area contributed by atoms with Gasteiger partial charge in [-0.2, -0.15) is 0 Å². The van der Waals surface area contributed by atoms with Crippen molar-refractivity contribution in [1.82, 2.24) is 15.6 Å². The maximum absolute atomic E-state index is 11.8. The second-order valence-corrected chi connectivity index (χ2v) is 5.32. The van der Waals surface area contributed by atoms with Crippen LogP contribution in [0.5, 0.6) is 0 Å². The Morgan fingerprint density at radius 1 is 1.33 bits per heavy atom. The van der Waals surface area contributed by atoms with E-state index in [1.54, 1.807) is 0 Å². The van der Waals surface area contributed by atoms with Crippen LogP contribution in [0, 0.1) is 12.8 Å². The fourth-order valence-corrected chi connectivity index (χ4v) is 2.40. The van der Waals surface area contributed by atoms with Crippen molar-refractivity contribution in [2.75, 3.05) is 13.1 Å². The Morgan fingerprint density at radius 3 is 2.67 bits per heavy atom. The number of halogens is 2. The number of carbonyl (C=O) groups is 1. The predicted molar refractivity (Wildman–Crippen MR) is 90.1 cm³/mol. The molecule has 1 aromatic rings. The number of nitrogens with zero attached hydrogens (tertiary/aromatic N) is 1. The Hall–Kier alpha value is -0.840. The van der Waals surface area contributed by atoms with E-state index in [2.05, 4.69) is 15.6 Å². The summed E-state index contributed by atoms with van der Waals surface area (Å²) in [6.45, 7) is 4.74. The summed E-state index contributed by atoms with van der Waals surface area (Å²) in [7, 11) is 0. The van der Waals surface area contributed by atoms with Gasteiger partial charge in [0.25, 0.3) is 0 Å². The molecule has 2 rings (SSSR count). The highest BCUT2D eigenvalue weighted by atomic mass is 35.5. The Balaban J connectivity index is 0.00000200. The summed E-state index contributed by atoms with van der Waals surface area (Å²) < 4.78 is 0. The maximum atomic E-state index is 11.8. The molecule has 0 aromatic carbocycles. The second kappa shape index (κ2) is 10.8. The first-order chi connectivity index (χ1) is 9.24. The molecule has 0 aliphatic carbocycles. The topological polar surface area (TPSA) is 54.0 Å². The van der Waals surface area contributed by atoms with Crippen LogP contribution in [0.2, 0.25) is 0 Å². The van der Waals surface area contributed by atoms with E-state index in [4.69, 9.17) is 0 Å². The molecule has 0 atom stereocenters. The van der Waals surface area contributed by atoms with E-state index in [1.807, 2.05) is 25.3 Å². The number of rotatable bonds is 5. The summed E-state index contributed by atoms with van der Waals surface area (Å²) in [5, 5.41) is 6.31. The van der Waals surface area contributed by atoms with Crippen LogP contribution in [0.3, 0.4) is 0 Å². The zero-order chi connectivity index (χ0) is 13.5. The van der Waals surface area contributed by atoms with E-state index >= 15 is 0 Å². The molecule has 0 spiro atoms. The summed E-state index contributed by atoms with van der Waals surface area (Å²) >= 11 is 0. The van der Waals surface area contributed by atoms with Gasteiger partial charge in [0.1, 0.15) is 0 Å². The predicted octanol–water partition coefficient (Wildman–Crippen LogP) is 2.63. The largest absolute Gasteiger partial charge is 0.352 e. The third-order valence-electron chi connectivity index (χ3n) is 3.70. The zero-order valence-corrected chi connectivity index (χ0v) is 14.1. The van der Waals surface area contributed by atoms with Gasteiger partial charge in [-0.05, 0) is 56.8 Å². The van der Waals surface area contributed by atoms with Gasteiger partial charge in [-0.3, -0.25) is 9.78 Å². The first kappa shape index (κ1) is 20.2. The van der Waals surface area contributed by atoms with Gasteiger partial charge in [-0.1, -0.05) is 6.07 Å². The molecule has 0 saturated carbocycles. The molecule has 4 nitrogen and oxygen atoms in total. The number of carbonyl (C=O) groups excluding carboxylic acids is 1. The van der Waals surface area contributed by atoms with Crippen molar-refractivity contribution >= 4 is 30.7 Å². The molecule has 0 unspecified atom stereocenters. The highest BCUT2D eigenvalue weighted by Gasteiger charge is 2.14. The fraction of sp³-hybridized carbons (Fsp3) is 0.600. The highest BCUT2D eigenvalue weighted by Crippen LogP contribution is 2.17. The first-order valence-electron chi connectivity index (χ1n) is 7.13. The molecule has 1 aliphatic rings. The van der Waals surface area contributed by atoms with Crippen molar-refractivity contribution in [2.24, 2.45) is 5.92 Å². The Morgan fingerprint density at radius 2 is 2.05 bits per heavy atom. The van der Waals surface area contributed by atoms with Crippen molar-refractivity contribution < 1.29 is 4.79 Å². The monoisotopic (exact) mass is 333 g/mol. The zero-order valence-electron chi connectivity index (χ0n) is 12.4. The minimum Gasteiger partial charge on any atom is -0.352 e. The number of hydrogen-bond acceptors (Lipinski definition) is 3. The van der Waals surface area contributed by atoms with E-state index in [0.717, 1.165) is 30.8 Å². The molecule has 6 heteroatoms. The number of aromatic nitrogens is 1. The minimum absolute atomic E-state index is 0. The van der Waals surface area contributed by atoms with Crippen molar-refractivity contribution in [1.29, 1.82) is 0 Å². The van der Waals surface area contributed by atoms with Crippen LogP contribution < -0.4 is 10.6 Å². The third-order valence-corrected chi connectivity index (χ3v) is 3.70. The summed E-state index contributed by atoms with van der Waals surface area (Å²) in [4.78, 5) is 16.0. The van der Waals surface area contributed by atoms with Crippen LogP contribution in [0.25, 0.3) is 0 Å². The van der Waals surface area contributed by atoms with Gasteiger partial charge in [0.2, 0.25) is 5.91 Å². The lowest BCUT2D eigenvalue weighted by molar-refractivity contribution is -0.121. The minimum atomic E-state index is 0. The van der Waals surface area contributed by atoms with Crippen molar-refractivity contribution in [2.45, 2.75) is 39.2 Å². The summed E-state index contributed by atoms with van der Waals surface area (Å²) in [6.07, 6.45) is 5.89. The number of aryl methyl sites for hydroxylation is 1. The van der Waals surface area contributed by atoms with Crippen LogP contribution in [0.4, 0.5) is 0 Å². The Kier molecular flexibility index (Phi) is 10.4. The number of hydrogen-bond donors (Lipinski definition) is 2. The Bertz CT molecular complexity index is 406. The van der Waals surface area contributed by atoms with E-state index < -0.39 is 0 Å². The van der Waals surface area contributed by atoms with Gasteiger partial charge in [0, 0.05) is 24.9 Å². The van der Waals surface area contributed by atoms with Crippen molar-refractivity contribution in [3.63, 3.8) is 0 Å². The van der Waals surface area contributed by atoms with Gasteiger partial charge in [-0.15, -0.1) is 24.8 Å². The molecule has 0 bridgehead atoms. The summed E-state index contributed by atoms with van der Waals surface area (Å²) in [5.41, 5.74) is 2.06. The Labute approximate surface area is 139 Å². The molecular formula is C15H25Cl2N3O. The smallest absolute Gasteiger partial charge is 0.220 e. The quantitative estimate of drug-likeness (QED) is 0.870. The average Bonchev–Trinajstić information content (AvgIpc) is 2.45.